The van der Waals surface area contributed by atoms with Gasteiger partial charge >= 0.3 is 0 Å². The molecule has 0 amide bonds. The van der Waals surface area contributed by atoms with E-state index in [9.17, 15) is 0 Å². The number of halogens is 2. The van der Waals surface area contributed by atoms with Crippen LogP contribution in [0.5, 0.6) is 11.5 Å². The Bertz CT molecular complexity index is 703. The highest BCUT2D eigenvalue weighted by atomic mass is 79.9. The van der Waals surface area contributed by atoms with Crippen molar-refractivity contribution in [3.63, 3.8) is 0 Å². The lowest BCUT2D eigenvalue weighted by Crippen LogP contribution is -2.11. The molecule has 0 aromatic heterocycles. The molecule has 122 valence electrons. The van der Waals surface area contributed by atoms with Crippen LogP contribution in [0.4, 0.5) is 5.69 Å². The molecule has 2 rings (SSSR count). The molecule has 5 heteroatoms. The Kier molecular flexibility index (Phi) is 6.48. The zero-order valence-corrected chi connectivity index (χ0v) is 15.7. The summed E-state index contributed by atoms with van der Waals surface area (Å²) in [4.78, 5) is 4.47. The quantitative estimate of drug-likeness (QED) is 0.557. The van der Waals surface area contributed by atoms with Gasteiger partial charge < -0.3 is 9.47 Å². The van der Waals surface area contributed by atoms with Crippen LogP contribution in [0.25, 0.3) is 0 Å². The molecule has 0 saturated heterocycles. The third-order valence-corrected chi connectivity index (χ3v) is 4.30. The minimum Gasteiger partial charge on any atom is -0.493 e. The SMILES string of the molecule is CC[C@@H](C)Oc1c(Cl)cc(C=Nc2ccccc2Br)cc1OC. The minimum atomic E-state index is 0.0705. The van der Waals surface area contributed by atoms with Crippen molar-refractivity contribution in [1.82, 2.24) is 0 Å². The van der Waals surface area contributed by atoms with E-state index in [0.29, 0.717) is 16.5 Å². The van der Waals surface area contributed by atoms with Gasteiger partial charge in [-0.25, -0.2) is 0 Å². The zero-order valence-electron chi connectivity index (χ0n) is 13.3. The monoisotopic (exact) mass is 395 g/mol. The summed E-state index contributed by atoms with van der Waals surface area (Å²) in [6.45, 7) is 4.06. The summed E-state index contributed by atoms with van der Waals surface area (Å²) >= 11 is 9.83. The number of rotatable bonds is 6. The maximum Gasteiger partial charge on any atom is 0.180 e. The fraction of sp³-hybridized carbons (Fsp3) is 0.278. The van der Waals surface area contributed by atoms with Crippen LogP contribution in [0, 0.1) is 0 Å². The molecule has 2 aromatic rings. The first-order chi connectivity index (χ1) is 11.0. The van der Waals surface area contributed by atoms with Crippen molar-refractivity contribution in [3.8, 4) is 11.5 Å². The Morgan fingerprint density at radius 1 is 1.30 bits per heavy atom. The predicted molar refractivity (Wildman–Crippen MR) is 99.8 cm³/mol. The number of ether oxygens (including phenoxy) is 2. The van der Waals surface area contributed by atoms with Crippen molar-refractivity contribution in [2.45, 2.75) is 26.4 Å². The molecule has 23 heavy (non-hydrogen) atoms. The lowest BCUT2D eigenvalue weighted by atomic mass is 10.2. The standard InChI is InChI=1S/C18H19BrClNO2/c1-4-12(2)23-18-15(20)9-13(10-17(18)22-3)11-21-16-8-6-5-7-14(16)19/h5-12H,4H2,1-3H3/t12-/m1/s1. The highest BCUT2D eigenvalue weighted by Crippen LogP contribution is 2.37. The Morgan fingerprint density at radius 3 is 2.70 bits per heavy atom. The number of nitrogens with zero attached hydrogens (tertiary/aromatic N) is 1. The molecule has 0 spiro atoms. The fourth-order valence-electron chi connectivity index (χ4n) is 1.91. The number of para-hydroxylation sites is 1. The fourth-order valence-corrected chi connectivity index (χ4v) is 2.56. The van der Waals surface area contributed by atoms with Gasteiger partial charge in [-0.05, 0) is 59.1 Å². The predicted octanol–water partition coefficient (Wildman–Crippen LogP) is 6.04. The van der Waals surface area contributed by atoms with Gasteiger partial charge in [0.25, 0.3) is 0 Å². The van der Waals surface area contributed by atoms with E-state index in [1.54, 1.807) is 13.3 Å². The van der Waals surface area contributed by atoms with Crippen molar-refractivity contribution >= 4 is 39.4 Å². The Morgan fingerprint density at radius 2 is 2.04 bits per heavy atom. The van der Waals surface area contributed by atoms with Gasteiger partial charge in [-0.3, -0.25) is 4.99 Å². The number of methoxy groups -OCH3 is 1. The van der Waals surface area contributed by atoms with Gasteiger partial charge in [0.15, 0.2) is 11.5 Å². The van der Waals surface area contributed by atoms with E-state index in [0.717, 1.165) is 22.1 Å². The van der Waals surface area contributed by atoms with Gasteiger partial charge in [-0.15, -0.1) is 0 Å². The number of aliphatic imine (C=N–C) groups is 1. The maximum absolute atomic E-state index is 6.35. The Labute approximate surface area is 150 Å². The van der Waals surface area contributed by atoms with E-state index < -0.39 is 0 Å². The molecular formula is C18H19BrClNO2. The topological polar surface area (TPSA) is 30.8 Å². The second-order valence-electron chi connectivity index (χ2n) is 5.08. The van der Waals surface area contributed by atoms with Crippen molar-refractivity contribution in [1.29, 1.82) is 0 Å². The molecule has 1 atom stereocenters. The number of benzene rings is 2. The van der Waals surface area contributed by atoms with Crippen LogP contribution in [0.3, 0.4) is 0 Å². The maximum atomic E-state index is 6.35. The highest BCUT2D eigenvalue weighted by molar-refractivity contribution is 9.10. The first-order valence-electron chi connectivity index (χ1n) is 7.38. The minimum absolute atomic E-state index is 0.0705. The normalized spacial score (nSPS) is 12.4. The lowest BCUT2D eigenvalue weighted by molar-refractivity contribution is 0.208. The second kappa shape index (κ2) is 8.37. The first kappa shape index (κ1) is 17.8. The van der Waals surface area contributed by atoms with Crippen molar-refractivity contribution in [2.24, 2.45) is 4.99 Å². The zero-order chi connectivity index (χ0) is 16.8. The van der Waals surface area contributed by atoms with Crippen LogP contribution in [0.15, 0.2) is 45.9 Å². The van der Waals surface area contributed by atoms with Crippen molar-refractivity contribution < 1.29 is 9.47 Å². The van der Waals surface area contributed by atoms with E-state index in [4.69, 9.17) is 21.1 Å². The molecule has 0 saturated carbocycles. The molecule has 0 fully saturated rings. The van der Waals surface area contributed by atoms with Crippen LogP contribution in [-0.2, 0) is 0 Å². The smallest absolute Gasteiger partial charge is 0.180 e. The molecule has 0 aliphatic heterocycles. The van der Waals surface area contributed by atoms with Crippen molar-refractivity contribution in [3.05, 3.63) is 51.5 Å². The Balaban J connectivity index is 2.31. The van der Waals surface area contributed by atoms with Gasteiger partial charge in [-0.1, -0.05) is 30.7 Å². The molecule has 0 aliphatic carbocycles. The van der Waals surface area contributed by atoms with Crippen molar-refractivity contribution in [2.75, 3.05) is 7.11 Å². The summed E-state index contributed by atoms with van der Waals surface area (Å²) in [5, 5.41) is 0.512. The van der Waals surface area contributed by atoms with Gasteiger partial charge in [0.2, 0.25) is 0 Å². The average Bonchev–Trinajstić information content (AvgIpc) is 2.55. The van der Waals surface area contributed by atoms with Crippen LogP contribution < -0.4 is 9.47 Å². The van der Waals surface area contributed by atoms with E-state index in [2.05, 4.69) is 27.8 Å². The van der Waals surface area contributed by atoms with E-state index >= 15 is 0 Å². The summed E-state index contributed by atoms with van der Waals surface area (Å²) in [7, 11) is 1.60. The Hall–Kier alpha value is -1.52. The van der Waals surface area contributed by atoms with E-state index in [1.165, 1.54) is 0 Å². The van der Waals surface area contributed by atoms with Crippen LogP contribution in [0.1, 0.15) is 25.8 Å². The average molecular weight is 397 g/mol. The molecule has 0 heterocycles. The highest BCUT2D eigenvalue weighted by Gasteiger charge is 2.14. The van der Waals surface area contributed by atoms with Gasteiger partial charge in [-0.2, -0.15) is 0 Å². The number of hydrogen-bond donors (Lipinski definition) is 0. The van der Waals surface area contributed by atoms with Crippen LogP contribution >= 0.6 is 27.5 Å². The molecular weight excluding hydrogens is 378 g/mol. The van der Waals surface area contributed by atoms with E-state index in [1.807, 2.05) is 43.3 Å². The summed E-state index contributed by atoms with van der Waals surface area (Å²) < 4.78 is 12.2. The second-order valence-corrected chi connectivity index (χ2v) is 6.34. The van der Waals surface area contributed by atoms with Gasteiger partial charge in [0.05, 0.1) is 23.9 Å². The largest absolute Gasteiger partial charge is 0.493 e. The molecule has 0 unspecified atom stereocenters. The third kappa shape index (κ3) is 4.72. The molecule has 0 bridgehead atoms. The molecule has 0 aliphatic rings. The van der Waals surface area contributed by atoms with E-state index in [-0.39, 0.29) is 6.10 Å². The van der Waals surface area contributed by atoms with Crippen LogP contribution in [0.2, 0.25) is 5.02 Å². The molecule has 0 radical (unpaired) electrons. The molecule has 3 nitrogen and oxygen atoms in total. The summed E-state index contributed by atoms with van der Waals surface area (Å²) in [6.07, 6.45) is 2.72. The summed E-state index contributed by atoms with van der Waals surface area (Å²) in [5.41, 5.74) is 1.70. The number of hydrogen-bond acceptors (Lipinski definition) is 3. The molecule has 0 N–H and O–H groups in total. The summed E-state index contributed by atoms with van der Waals surface area (Å²) in [6, 6.07) is 11.5. The van der Waals surface area contributed by atoms with Crippen LogP contribution in [-0.4, -0.2) is 19.4 Å². The van der Waals surface area contributed by atoms with Gasteiger partial charge in [0, 0.05) is 10.7 Å². The third-order valence-electron chi connectivity index (χ3n) is 3.35. The molecule has 2 aromatic carbocycles. The lowest BCUT2D eigenvalue weighted by Gasteiger charge is -2.17. The van der Waals surface area contributed by atoms with Gasteiger partial charge in [0.1, 0.15) is 0 Å². The first-order valence-corrected chi connectivity index (χ1v) is 8.55. The summed E-state index contributed by atoms with van der Waals surface area (Å²) in [5.74, 6) is 1.17.